The largest absolute Gasteiger partial charge is 0.282 e. The number of benzene rings is 2. The number of halogens is 1. The van der Waals surface area contributed by atoms with E-state index in [0.29, 0.717) is 0 Å². The molecule has 1 amide bonds. The molecule has 1 aliphatic rings. The van der Waals surface area contributed by atoms with Crippen molar-refractivity contribution in [2.45, 2.75) is 24.3 Å². The summed E-state index contributed by atoms with van der Waals surface area (Å²) in [5.74, 6) is -0.430. The highest BCUT2D eigenvalue weighted by Gasteiger charge is 2.27. The van der Waals surface area contributed by atoms with Crippen molar-refractivity contribution in [3.05, 3.63) is 58.6 Å². The van der Waals surface area contributed by atoms with Gasteiger partial charge >= 0.3 is 0 Å². The highest BCUT2D eigenvalue weighted by molar-refractivity contribution is 7.89. The van der Waals surface area contributed by atoms with Crippen molar-refractivity contribution in [2.24, 2.45) is 5.14 Å². The maximum Gasteiger partial charge on any atom is 0.269 e. The van der Waals surface area contributed by atoms with Gasteiger partial charge in [0.15, 0.2) is 0 Å². The van der Waals surface area contributed by atoms with Gasteiger partial charge in [-0.05, 0) is 43.2 Å². The highest BCUT2D eigenvalue weighted by atomic mass is 35.5. The molecule has 0 fully saturated rings. The number of anilines is 1. The maximum absolute atomic E-state index is 12.5. The third-order valence-corrected chi connectivity index (χ3v) is 5.32. The fourth-order valence-corrected chi connectivity index (χ4v) is 3.84. The topological polar surface area (TPSA) is 92.5 Å². The number of primary sulfonamides is 1. The average molecular weight is 366 g/mol. The molecule has 1 heterocycles. The van der Waals surface area contributed by atoms with Crippen molar-refractivity contribution in [3.63, 3.8) is 0 Å². The van der Waals surface area contributed by atoms with E-state index in [9.17, 15) is 13.2 Å². The monoisotopic (exact) mass is 365 g/mol. The molecule has 0 bridgehead atoms. The van der Waals surface area contributed by atoms with Crippen LogP contribution in [0.25, 0.3) is 0 Å². The first-order chi connectivity index (χ1) is 11.3. The Bertz CT molecular complexity index is 915. The summed E-state index contributed by atoms with van der Waals surface area (Å²) in [5.41, 5.74) is 5.06. The fraction of sp³-hybridized carbons (Fsp3) is 0.188. The SMILES string of the molecule is C[C@@H]1Cc2ccccc2N1NC(=O)c1ccc(Cl)c(S(N)(=O)=O)c1. The Morgan fingerprint density at radius 3 is 2.71 bits per heavy atom. The van der Waals surface area contributed by atoms with Crippen LogP contribution in [0.4, 0.5) is 5.69 Å². The summed E-state index contributed by atoms with van der Waals surface area (Å²) in [5, 5.41) is 6.88. The lowest BCUT2D eigenvalue weighted by Crippen LogP contribution is -2.45. The Kier molecular flexibility index (Phi) is 4.25. The van der Waals surface area contributed by atoms with Crippen molar-refractivity contribution in [3.8, 4) is 0 Å². The second-order valence-corrected chi connectivity index (χ2v) is 7.62. The molecule has 2 aromatic carbocycles. The van der Waals surface area contributed by atoms with E-state index in [2.05, 4.69) is 5.43 Å². The van der Waals surface area contributed by atoms with Crippen LogP contribution in [0.3, 0.4) is 0 Å². The predicted molar refractivity (Wildman–Crippen MR) is 92.4 cm³/mol. The molecular weight excluding hydrogens is 350 g/mol. The number of carbonyl (C=O) groups is 1. The third-order valence-electron chi connectivity index (χ3n) is 3.93. The van der Waals surface area contributed by atoms with Crippen molar-refractivity contribution < 1.29 is 13.2 Å². The standard InChI is InChI=1S/C16H16ClN3O3S/c1-10-8-11-4-2-3-5-14(11)20(10)19-16(21)12-6-7-13(17)15(9-12)24(18,22)23/h2-7,9-10H,8H2,1H3,(H,19,21)(H2,18,22,23)/t10-/m1/s1. The molecule has 3 rings (SSSR count). The van der Waals surface area contributed by atoms with Gasteiger partial charge in [-0.3, -0.25) is 15.2 Å². The summed E-state index contributed by atoms with van der Waals surface area (Å²) >= 11 is 5.84. The van der Waals surface area contributed by atoms with Crippen LogP contribution in [0.15, 0.2) is 47.4 Å². The molecular formula is C16H16ClN3O3S. The van der Waals surface area contributed by atoms with Crippen molar-refractivity contribution in [1.29, 1.82) is 0 Å². The molecule has 0 saturated heterocycles. The van der Waals surface area contributed by atoms with Gasteiger partial charge in [0, 0.05) is 5.56 Å². The Hall–Kier alpha value is -2.09. The lowest BCUT2D eigenvalue weighted by molar-refractivity contribution is 0.0946. The molecule has 0 aliphatic carbocycles. The number of rotatable bonds is 3. The van der Waals surface area contributed by atoms with Crippen LogP contribution in [0, 0.1) is 0 Å². The van der Waals surface area contributed by atoms with Gasteiger partial charge in [0.1, 0.15) is 4.90 Å². The van der Waals surface area contributed by atoms with Gasteiger partial charge in [0.25, 0.3) is 5.91 Å². The first-order valence-electron chi connectivity index (χ1n) is 7.28. The first kappa shape index (κ1) is 16.8. The number of hydrazine groups is 1. The zero-order valence-corrected chi connectivity index (χ0v) is 14.4. The van der Waals surface area contributed by atoms with E-state index in [4.69, 9.17) is 16.7 Å². The van der Waals surface area contributed by atoms with E-state index in [1.165, 1.54) is 18.2 Å². The van der Waals surface area contributed by atoms with Crippen LogP contribution in [-0.2, 0) is 16.4 Å². The maximum atomic E-state index is 12.5. The van der Waals surface area contributed by atoms with Crippen molar-refractivity contribution in [2.75, 3.05) is 5.01 Å². The fourth-order valence-electron chi connectivity index (χ4n) is 2.77. The molecule has 0 radical (unpaired) electrons. The number of fused-ring (bicyclic) bond motifs is 1. The molecule has 0 aromatic heterocycles. The molecule has 8 heteroatoms. The number of carbonyl (C=O) groups excluding carboxylic acids is 1. The predicted octanol–water partition coefficient (Wildman–Crippen LogP) is 2.08. The second-order valence-electron chi connectivity index (χ2n) is 5.68. The zero-order valence-electron chi connectivity index (χ0n) is 12.9. The summed E-state index contributed by atoms with van der Waals surface area (Å²) < 4.78 is 23.1. The van der Waals surface area contributed by atoms with Crippen LogP contribution in [-0.4, -0.2) is 20.4 Å². The number of nitrogens with zero attached hydrogens (tertiary/aromatic N) is 1. The number of hydrogen-bond donors (Lipinski definition) is 2. The van der Waals surface area contributed by atoms with E-state index in [1.54, 1.807) is 5.01 Å². The highest BCUT2D eigenvalue weighted by Crippen LogP contribution is 2.30. The molecule has 0 spiro atoms. The van der Waals surface area contributed by atoms with E-state index in [-0.39, 0.29) is 21.5 Å². The summed E-state index contributed by atoms with van der Waals surface area (Å²) in [6.45, 7) is 2.00. The van der Waals surface area contributed by atoms with Gasteiger partial charge in [0.05, 0.1) is 16.8 Å². The molecule has 24 heavy (non-hydrogen) atoms. The van der Waals surface area contributed by atoms with Crippen LogP contribution < -0.4 is 15.6 Å². The minimum absolute atomic E-state index is 0.0195. The first-order valence-corrected chi connectivity index (χ1v) is 9.20. The summed E-state index contributed by atoms with van der Waals surface area (Å²) in [6, 6.07) is 11.9. The van der Waals surface area contributed by atoms with Gasteiger partial charge in [-0.2, -0.15) is 0 Å². The van der Waals surface area contributed by atoms with Crippen LogP contribution in [0.5, 0.6) is 0 Å². The second kappa shape index (κ2) is 6.08. The lowest BCUT2D eigenvalue weighted by atomic mass is 10.1. The van der Waals surface area contributed by atoms with E-state index in [0.717, 1.165) is 17.7 Å². The molecule has 0 saturated carbocycles. The van der Waals surface area contributed by atoms with E-state index >= 15 is 0 Å². The number of sulfonamides is 1. The van der Waals surface area contributed by atoms with Gasteiger partial charge in [-0.15, -0.1) is 0 Å². The quantitative estimate of drug-likeness (QED) is 0.871. The van der Waals surface area contributed by atoms with Gasteiger partial charge in [-0.1, -0.05) is 29.8 Å². The average Bonchev–Trinajstić information content (AvgIpc) is 2.82. The Morgan fingerprint density at radius 1 is 1.29 bits per heavy atom. The van der Waals surface area contributed by atoms with E-state index in [1.807, 2.05) is 31.2 Å². The number of nitrogens with two attached hydrogens (primary N) is 1. The number of nitrogens with one attached hydrogen (secondary N) is 1. The minimum Gasteiger partial charge on any atom is -0.282 e. The number of amides is 1. The summed E-state index contributed by atoms with van der Waals surface area (Å²) in [7, 11) is -4.00. The lowest BCUT2D eigenvalue weighted by Gasteiger charge is -2.25. The summed E-state index contributed by atoms with van der Waals surface area (Å²) in [4.78, 5) is 12.2. The van der Waals surface area contributed by atoms with Crippen molar-refractivity contribution >= 4 is 33.2 Å². The Labute approximate surface area is 145 Å². The van der Waals surface area contributed by atoms with Crippen molar-refractivity contribution in [1.82, 2.24) is 5.43 Å². The van der Waals surface area contributed by atoms with E-state index < -0.39 is 15.9 Å². The van der Waals surface area contributed by atoms with Crippen LogP contribution in [0.1, 0.15) is 22.8 Å². The molecule has 0 unspecified atom stereocenters. The summed E-state index contributed by atoms with van der Waals surface area (Å²) in [6.07, 6.45) is 0.819. The minimum atomic E-state index is -4.00. The molecule has 3 N–H and O–H groups in total. The zero-order chi connectivity index (χ0) is 17.5. The molecule has 6 nitrogen and oxygen atoms in total. The van der Waals surface area contributed by atoms with Crippen LogP contribution >= 0.6 is 11.6 Å². The van der Waals surface area contributed by atoms with Gasteiger partial charge in [-0.25, -0.2) is 13.6 Å². The molecule has 1 atom stereocenters. The third kappa shape index (κ3) is 3.10. The molecule has 2 aromatic rings. The smallest absolute Gasteiger partial charge is 0.269 e. The Balaban J connectivity index is 1.89. The number of para-hydroxylation sites is 1. The van der Waals surface area contributed by atoms with Gasteiger partial charge in [0.2, 0.25) is 10.0 Å². The molecule has 1 aliphatic heterocycles. The Morgan fingerprint density at radius 2 is 2.00 bits per heavy atom. The van der Waals surface area contributed by atoms with Crippen LogP contribution in [0.2, 0.25) is 5.02 Å². The normalized spacial score (nSPS) is 16.8. The van der Waals surface area contributed by atoms with Gasteiger partial charge < -0.3 is 0 Å². The number of hydrogen-bond acceptors (Lipinski definition) is 4. The molecule has 126 valence electrons.